The van der Waals surface area contributed by atoms with Gasteiger partial charge in [-0.3, -0.25) is 0 Å². The minimum absolute atomic E-state index is 0.300. The smallest absolute Gasteiger partial charge is 0.229 e. The molecule has 3 rings (SSSR count). The lowest BCUT2D eigenvalue weighted by molar-refractivity contribution is 0.191. The number of rotatable bonds is 10. The molecule has 29 heavy (non-hydrogen) atoms. The van der Waals surface area contributed by atoms with Crippen molar-refractivity contribution in [2.45, 2.75) is 83.2 Å². The van der Waals surface area contributed by atoms with E-state index in [1.54, 1.807) is 0 Å². The number of nitrogens with zero attached hydrogens (tertiary/aromatic N) is 2. The second-order valence-corrected chi connectivity index (χ2v) is 8.26. The predicted molar refractivity (Wildman–Crippen MR) is 119 cm³/mol. The third kappa shape index (κ3) is 6.42. The molecule has 2 fully saturated rings. The summed E-state index contributed by atoms with van der Waals surface area (Å²) < 4.78 is 5.38. The van der Waals surface area contributed by atoms with E-state index in [1.807, 2.05) is 12.4 Å². The zero-order chi connectivity index (χ0) is 20.5. The molecule has 0 radical (unpaired) electrons. The van der Waals surface area contributed by atoms with Crippen LogP contribution >= 0.6 is 0 Å². The van der Waals surface area contributed by atoms with Gasteiger partial charge in [-0.2, -0.15) is 4.98 Å². The Balaban J connectivity index is 1.74. The summed E-state index contributed by atoms with van der Waals surface area (Å²) in [5.74, 6) is 1.88. The number of allylic oxidation sites excluding steroid dienone is 1. The highest BCUT2D eigenvalue weighted by Crippen LogP contribution is 2.29. The molecule has 1 aliphatic heterocycles. The Kier molecular flexibility index (Phi) is 8.28. The van der Waals surface area contributed by atoms with Crippen molar-refractivity contribution in [2.75, 3.05) is 23.8 Å². The average molecular weight is 401 g/mol. The maximum Gasteiger partial charge on any atom is 0.229 e. The number of aromatic nitrogens is 2. The largest absolute Gasteiger partial charge is 0.384 e. The first kappa shape index (κ1) is 21.6. The molecule has 0 spiro atoms. The molecule has 1 saturated heterocycles. The fraction of sp³-hybridized carbons (Fsp3) is 0.682. The molecule has 1 aromatic heterocycles. The molecule has 2 aliphatic rings. The van der Waals surface area contributed by atoms with Gasteiger partial charge in [0.1, 0.15) is 5.82 Å². The lowest BCUT2D eigenvalue weighted by Crippen LogP contribution is -2.26. The van der Waals surface area contributed by atoms with Crippen LogP contribution in [-0.2, 0) is 4.74 Å². The number of hydrogen-bond acceptors (Lipinski definition) is 7. The summed E-state index contributed by atoms with van der Waals surface area (Å²) in [6.07, 6.45) is 14.6. The van der Waals surface area contributed by atoms with Crippen molar-refractivity contribution in [3.05, 3.63) is 23.7 Å². The van der Waals surface area contributed by atoms with Crippen LogP contribution in [0.4, 0.5) is 11.8 Å². The number of hydrogen-bond donors (Lipinski definition) is 4. The van der Waals surface area contributed by atoms with E-state index in [4.69, 9.17) is 15.1 Å². The average Bonchev–Trinajstić information content (AvgIpc) is 3.26. The molecule has 2 unspecified atom stereocenters. The predicted octanol–water partition coefficient (Wildman–Crippen LogP) is 4.41. The van der Waals surface area contributed by atoms with Gasteiger partial charge in [0.25, 0.3) is 0 Å². The molecule has 1 aromatic rings. The number of ether oxygens (including phenoxy) is 1. The van der Waals surface area contributed by atoms with Crippen LogP contribution in [0.5, 0.6) is 0 Å². The fourth-order valence-corrected chi connectivity index (χ4v) is 4.07. The molecular weight excluding hydrogens is 364 g/mol. The van der Waals surface area contributed by atoms with Gasteiger partial charge in [-0.15, -0.1) is 0 Å². The van der Waals surface area contributed by atoms with Crippen LogP contribution in [0.3, 0.4) is 0 Å². The van der Waals surface area contributed by atoms with Gasteiger partial charge in [-0.1, -0.05) is 39.5 Å². The van der Waals surface area contributed by atoms with Crippen LogP contribution in [0.1, 0.15) is 76.7 Å². The molecule has 4 N–H and O–H groups in total. The van der Waals surface area contributed by atoms with Gasteiger partial charge in [0.15, 0.2) is 0 Å². The monoisotopic (exact) mass is 400 g/mol. The summed E-state index contributed by atoms with van der Waals surface area (Å²) in [5, 5.41) is 17.9. The van der Waals surface area contributed by atoms with Gasteiger partial charge in [0, 0.05) is 36.8 Å². The van der Waals surface area contributed by atoms with E-state index < -0.39 is 0 Å². The zero-order valence-corrected chi connectivity index (χ0v) is 17.8. The van der Waals surface area contributed by atoms with E-state index >= 15 is 0 Å². The third-order valence-electron chi connectivity index (χ3n) is 5.83. The van der Waals surface area contributed by atoms with E-state index in [-0.39, 0.29) is 0 Å². The third-order valence-corrected chi connectivity index (χ3v) is 5.83. The van der Waals surface area contributed by atoms with Crippen molar-refractivity contribution >= 4 is 18.0 Å². The molecular formula is C22H36N6O. The summed E-state index contributed by atoms with van der Waals surface area (Å²) in [5.41, 5.74) is 1.82. The lowest BCUT2D eigenvalue weighted by atomic mass is 9.94. The maximum atomic E-state index is 7.71. The highest BCUT2D eigenvalue weighted by Gasteiger charge is 2.19. The number of anilines is 2. The van der Waals surface area contributed by atoms with E-state index in [0.29, 0.717) is 36.3 Å². The van der Waals surface area contributed by atoms with Crippen molar-refractivity contribution in [2.24, 2.45) is 0 Å². The Labute approximate surface area is 174 Å². The maximum absolute atomic E-state index is 7.71. The molecule has 2 heterocycles. The summed E-state index contributed by atoms with van der Waals surface area (Å²) in [4.78, 5) is 9.35. The molecule has 7 heteroatoms. The van der Waals surface area contributed by atoms with Gasteiger partial charge in [0.05, 0.1) is 18.3 Å². The second kappa shape index (κ2) is 11.1. The quantitative estimate of drug-likeness (QED) is 0.435. The van der Waals surface area contributed by atoms with Gasteiger partial charge in [-0.05, 0) is 31.6 Å². The molecule has 2 atom stereocenters. The second-order valence-electron chi connectivity index (χ2n) is 8.26. The SMILES string of the molecule is CCCC(C)c1cnc(N/C(C=N)=C/NC2CCOC2)nc1NC1CCCCC1. The number of nitrogens with one attached hydrogen (secondary N) is 4. The van der Waals surface area contributed by atoms with E-state index in [1.165, 1.54) is 43.9 Å². The molecule has 0 aromatic carbocycles. The topological polar surface area (TPSA) is 95.0 Å². The van der Waals surface area contributed by atoms with Crippen molar-refractivity contribution < 1.29 is 4.74 Å². The Hall–Kier alpha value is -2.15. The highest BCUT2D eigenvalue weighted by molar-refractivity contribution is 5.79. The first-order valence-corrected chi connectivity index (χ1v) is 11.1. The van der Waals surface area contributed by atoms with Crippen molar-refractivity contribution in [3.63, 3.8) is 0 Å². The summed E-state index contributed by atoms with van der Waals surface area (Å²) in [6, 6.07) is 0.786. The van der Waals surface area contributed by atoms with Gasteiger partial charge >= 0.3 is 0 Å². The summed E-state index contributed by atoms with van der Waals surface area (Å²) in [7, 11) is 0. The zero-order valence-electron chi connectivity index (χ0n) is 17.8. The first-order chi connectivity index (χ1) is 14.2. The molecule has 7 nitrogen and oxygen atoms in total. The Bertz CT molecular complexity index is 680. The minimum atomic E-state index is 0.300. The van der Waals surface area contributed by atoms with Gasteiger partial charge in [0.2, 0.25) is 5.95 Å². The Morgan fingerprint density at radius 2 is 2.10 bits per heavy atom. The Morgan fingerprint density at radius 3 is 2.79 bits per heavy atom. The fourth-order valence-electron chi connectivity index (χ4n) is 4.07. The van der Waals surface area contributed by atoms with E-state index in [0.717, 1.165) is 31.7 Å². The van der Waals surface area contributed by atoms with Crippen LogP contribution in [0.25, 0.3) is 0 Å². The molecule has 0 bridgehead atoms. The molecule has 1 aliphatic carbocycles. The van der Waals surface area contributed by atoms with E-state index in [9.17, 15) is 0 Å². The van der Waals surface area contributed by atoms with Crippen LogP contribution in [-0.4, -0.2) is 41.5 Å². The Morgan fingerprint density at radius 1 is 1.28 bits per heavy atom. The molecule has 0 amide bonds. The van der Waals surface area contributed by atoms with Crippen molar-refractivity contribution in [1.29, 1.82) is 5.41 Å². The lowest BCUT2D eigenvalue weighted by Gasteiger charge is -2.26. The van der Waals surface area contributed by atoms with Crippen LogP contribution < -0.4 is 16.0 Å². The first-order valence-electron chi connectivity index (χ1n) is 11.1. The normalized spacial score (nSPS) is 21.6. The van der Waals surface area contributed by atoms with Crippen LogP contribution in [0.15, 0.2) is 18.1 Å². The van der Waals surface area contributed by atoms with Crippen molar-refractivity contribution in [3.8, 4) is 0 Å². The minimum Gasteiger partial charge on any atom is -0.384 e. The molecule has 160 valence electrons. The highest BCUT2D eigenvalue weighted by atomic mass is 16.5. The summed E-state index contributed by atoms with van der Waals surface area (Å²) >= 11 is 0. The van der Waals surface area contributed by atoms with Crippen LogP contribution in [0.2, 0.25) is 0 Å². The van der Waals surface area contributed by atoms with Crippen molar-refractivity contribution in [1.82, 2.24) is 15.3 Å². The standard InChI is InChI=1S/C22H36N6O/c1-3-7-16(2)20-14-25-22(28-21(20)26-17-8-5-4-6-9-17)27-19(12-23)13-24-18-10-11-29-15-18/h12-14,16-18,23-24H,3-11,15H2,1-2H3,(H2,25,26,27,28)/b19-13+,23-12?. The summed E-state index contributed by atoms with van der Waals surface area (Å²) in [6.45, 7) is 5.95. The van der Waals surface area contributed by atoms with E-state index in [2.05, 4.69) is 34.8 Å². The molecule has 1 saturated carbocycles. The van der Waals surface area contributed by atoms with Gasteiger partial charge < -0.3 is 26.1 Å². The van der Waals surface area contributed by atoms with Crippen LogP contribution in [0, 0.1) is 5.41 Å². The van der Waals surface area contributed by atoms with Gasteiger partial charge in [-0.25, -0.2) is 4.98 Å².